The van der Waals surface area contributed by atoms with Crippen molar-refractivity contribution in [3.63, 3.8) is 0 Å². The molecule has 4 heteroatoms. The van der Waals surface area contributed by atoms with E-state index < -0.39 is 0 Å². The predicted molar refractivity (Wildman–Crippen MR) is 98.1 cm³/mol. The lowest BCUT2D eigenvalue weighted by atomic mass is 9.85. The fraction of sp³-hybridized carbons (Fsp3) is 0.389. The van der Waals surface area contributed by atoms with E-state index >= 15 is 0 Å². The molecular formula is C18H21BrClNO. The van der Waals surface area contributed by atoms with E-state index in [-0.39, 0.29) is 10.8 Å². The summed E-state index contributed by atoms with van der Waals surface area (Å²) < 4.78 is 0.554. The Morgan fingerprint density at radius 2 is 1.73 bits per heavy atom. The largest absolute Gasteiger partial charge is 0.357 e. The molecule has 0 aliphatic carbocycles. The van der Waals surface area contributed by atoms with Gasteiger partial charge in [0.1, 0.15) is 0 Å². The first-order valence-electron chi connectivity index (χ1n) is 7.24. The van der Waals surface area contributed by atoms with Crippen LogP contribution >= 0.6 is 27.5 Å². The third kappa shape index (κ3) is 3.02. The molecule has 1 heterocycles. The molecule has 0 aliphatic rings. The van der Waals surface area contributed by atoms with Crippen molar-refractivity contribution in [2.75, 3.05) is 0 Å². The predicted octanol–water partition coefficient (Wildman–Crippen LogP) is 5.68. The number of pyridine rings is 1. The zero-order valence-electron chi connectivity index (χ0n) is 13.8. The topological polar surface area (TPSA) is 32.9 Å². The van der Waals surface area contributed by atoms with Gasteiger partial charge in [0.05, 0.1) is 10.2 Å². The SMILES string of the molecule is Cc1cc(C(C)(C)C)c(Cl)cc1-c1[nH]c(C)c(C)c(=O)c1Br. The summed E-state index contributed by atoms with van der Waals surface area (Å²) in [5.74, 6) is 0. The minimum atomic E-state index is -0.0196. The Morgan fingerprint density at radius 3 is 2.27 bits per heavy atom. The molecule has 0 bridgehead atoms. The van der Waals surface area contributed by atoms with E-state index in [1.165, 1.54) is 0 Å². The van der Waals surface area contributed by atoms with Gasteiger partial charge in [0, 0.05) is 21.8 Å². The maximum absolute atomic E-state index is 12.3. The Kier molecular flexibility index (Phi) is 4.61. The molecule has 22 heavy (non-hydrogen) atoms. The van der Waals surface area contributed by atoms with E-state index in [1.54, 1.807) is 0 Å². The average Bonchev–Trinajstić information content (AvgIpc) is 2.41. The summed E-state index contributed by atoms with van der Waals surface area (Å²) in [6, 6.07) is 4.06. The number of benzene rings is 1. The number of rotatable bonds is 1. The fourth-order valence-corrected chi connectivity index (χ4v) is 3.55. The summed E-state index contributed by atoms with van der Waals surface area (Å²) in [6.45, 7) is 12.2. The van der Waals surface area contributed by atoms with Gasteiger partial charge in [-0.3, -0.25) is 4.79 Å². The van der Waals surface area contributed by atoms with Crippen LogP contribution in [0.25, 0.3) is 11.3 Å². The number of aromatic amines is 1. The molecule has 0 amide bonds. The monoisotopic (exact) mass is 381 g/mol. The molecule has 0 radical (unpaired) electrons. The summed E-state index contributed by atoms with van der Waals surface area (Å²) in [5, 5.41) is 0.721. The van der Waals surface area contributed by atoms with Crippen LogP contribution in [0, 0.1) is 20.8 Å². The summed E-state index contributed by atoms with van der Waals surface area (Å²) >= 11 is 9.92. The van der Waals surface area contributed by atoms with Crippen molar-refractivity contribution in [2.45, 2.75) is 47.0 Å². The molecule has 0 unspecified atom stereocenters. The van der Waals surface area contributed by atoms with Crippen molar-refractivity contribution in [3.8, 4) is 11.3 Å². The van der Waals surface area contributed by atoms with E-state index in [1.807, 2.05) is 26.8 Å². The van der Waals surface area contributed by atoms with Gasteiger partial charge in [0.2, 0.25) is 0 Å². The minimum absolute atomic E-state index is 0.0154. The van der Waals surface area contributed by atoms with Crippen LogP contribution in [0.3, 0.4) is 0 Å². The van der Waals surface area contributed by atoms with Gasteiger partial charge in [-0.15, -0.1) is 0 Å². The summed E-state index contributed by atoms with van der Waals surface area (Å²) in [5.41, 5.74) is 5.53. The Balaban J connectivity index is 2.76. The van der Waals surface area contributed by atoms with Crippen molar-refractivity contribution in [2.24, 2.45) is 0 Å². The van der Waals surface area contributed by atoms with Gasteiger partial charge < -0.3 is 4.98 Å². The number of H-pyrrole nitrogens is 1. The minimum Gasteiger partial charge on any atom is -0.357 e. The van der Waals surface area contributed by atoms with Gasteiger partial charge in [-0.2, -0.15) is 0 Å². The number of aryl methyl sites for hydroxylation is 2. The molecule has 2 nitrogen and oxygen atoms in total. The van der Waals surface area contributed by atoms with Crippen LogP contribution in [0.15, 0.2) is 21.4 Å². The Bertz CT molecular complexity index is 800. The summed E-state index contributed by atoms with van der Waals surface area (Å²) in [4.78, 5) is 15.6. The third-order valence-corrected chi connectivity index (χ3v) is 5.10. The van der Waals surface area contributed by atoms with Gasteiger partial charge in [0.25, 0.3) is 0 Å². The summed E-state index contributed by atoms with van der Waals surface area (Å²) in [7, 11) is 0. The fourth-order valence-electron chi connectivity index (χ4n) is 2.50. The zero-order chi connectivity index (χ0) is 16.8. The van der Waals surface area contributed by atoms with Gasteiger partial charge in [0.15, 0.2) is 5.43 Å². The lowest BCUT2D eigenvalue weighted by molar-refractivity contribution is 0.590. The number of hydrogen-bond acceptors (Lipinski definition) is 1. The van der Waals surface area contributed by atoms with Crippen molar-refractivity contribution < 1.29 is 0 Å². The van der Waals surface area contributed by atoms with E-state index in [0.717, 1.165) is 38.7 Å². The highest BCUT2D eigenvalue weighted by molar-refractivity contribution is 9.10. The first-order chi connectivity index (χ1) is 10.0. The highest BCUT2D eigenvalue weighted by Crippen LogP contribution is 2.36. The third-order valence-electron chi connectivity index (χ3n) is 4.03. The van der Waals surface area contributed by atoms with Gasteiger partial charge in [-0.05, 0) is 59.3 Å². The standard InChI is InChI=1S/C18H21BrClNO/c1-9-7-13(18(4,5)6)14(20)8-12(9)16-15(19)17(22)10(2)11(3)21-16/h7-8H,1-6H3,(H,21,22). The number of halogens is 2. The molecule has 0 saturated carbocycles. The van der Waals surface area contributed by atoms with Gasteiger partial charge >= 0.3 is 0 Å². The van der Waals surface area contributed by atoms with Gasteiger partial charge in [-0.25, -0.2) is 0 Å². The van der Waals surface area contributed by atoms with Crippen LogP contribution in [0.1, 0.15) is 43.2 Å². The molecule has 0 spiro atoms. The molecule has 1 aromatic heterocycles. The normalized spacial score (nSPS) is 11.8. The highest BCUT2D eigenvalue weighted by Gasteiger charge is 2.21. The van der Waals surface area contributed by atoms with Crippen LogP contribution in [0.4, 0.5) is 0 Å². The lowest BCUT2D eigenvalue weighted by Gasteiger charge is -2.23. The number of aromatic nitrogens is 1. The second-order valence-corrected chi connectivity index (χ2v) is 7.99. The smallest absolute Gasteiger partial charge is 0.199 e. The molecule has 0 saturated heterocycles. The Morgan fingerprint density at radius 1 is 1.14 bits per heavy atom. The van der Waals surface area contributed by atoms with Crippen LogP contribution in [0.2, 0.25) is 5.02 Å². The van der Waals surface area contributed by atoms with Crippen LogP contribution in [0.5, 0.6) is 0 Å². The molecule has 0 aliphatic heterocycles. The quantitative estimate of drug-likeness (QED) is 0.676. The molecule has 2 aromatic rings. The molecule has 0 atom stereocenters. The van der Waals surface area contributed by atoms with Crippen molar-refractivity contribution in [1.29, 1.82) is 0 Å². The average molecular weight is 383 g/mol. The van der Waals surface area contributed by atoms with Crippen LogP contribution in [-0.4, -0.2) is 4.98 Å². The number of hydrogen-bond donors (Lipinski definition) is 1. The van der Waals surface area contributed by atoms with Crippen molar-refractivity contribution >= 4 is 27.5 Å². The highest BCUT2D eigenvalue weighted by atomic mass is 79.9. The first-order valence-corrected chi connectivity index (χ1v) is 8.41. The Hall–Kier alpha value is -1.06. The molecular weight excluding hydrogens is 362 g/mol. The van der Waals surface area contributed by atoms with E-state index in [2.05, 4.69) is 47.8 Å². The second kappa shape index (κ2) is 5.86. The summed E-state index contributed by atoms with van der Waals surface area (Å²) in [6.07, 6.45) is 0. The van der Waals surface area contributed by atoms with E-state index in [0.29, 0.717) is 4.47 Å². The molecule has 2 rings (SSSR count). The van der Waals surface area contributed by atoms with E-state index in [4.69, 9.17) is 11.6 Å². The van der Waals surface area contributed by atoms with Gasteiger partial charge in [-0.1, -0.05) is 38.4 Å². The molecule has 118 valence electrons. The van der Waals surface area contributed by atoms with E-state index in [9.17, 15) is 4.79 Å². The Labute approximate surface area is 145 Å². The maximum Gasteiger partial charge on any atom is 0.199 e. The number of nitrogens with one attached hydrogen (secondary N) is 1. The second-order valence-electron chi connectivity index (χ2n) is 6.79. The first kappa shape index (κ1) is 17.3. The van der Waals surface area contributed by atoms with Crippen molar-refractivity contribution in [1.82, 2.24) is 4.98 Å². The van der Waals surface area contributed by atoms with Crippen molar-refractivity contribution in [3.05, 3.63) is 54.2 Å². The van der Waals surface area contributed by atoms with Crippen LogP contribution in [-0.2, 0) is 5.41 Å². The lowest BCUT2D eigenvalue weighted by Crippen LogP contribution is -2.14. The maximum atomic E-state index is 12.3. The zero-order valence-corrected chi connectivity index (χ0v) is 16.2. The molecule has 1 aromatic carbocycles. The molecule has 1 N–H and O–H groups in total. The molecule has 0 fully saturated rings. The van der Waals surface area contributed by atoms with Crippen LogP contribution < -0.4 is 5.43 Å².